The quantitative estimate of drug-likeness (QED) is 0.344. The van der Waals surface area contributed by atoms with Gasteiger partial charge in [-0.2, -0.15) is 23.3 Å². The lowest BCUT2D eigenvalue weighted by atomic mass is 9.93. The highest BCUT2D eigenvalue weighted by molar-refractivity contribution is 5.90. The molecule has 0 radical (unpaired) electrons. The van der Waals surface area contributed by atoms with E-state index < -0.39 is 24.7 Å². The van der Waals surface area contributed by atoms with Crippen molar-refractivity contribution in [3.05, 3.63) is 65.8 Å². The number of aryl methyl sites for hydroxylation is 1. The Labute approximate surface area is 234 Å². The lowest BCUT2D eigenvalue weighted by Gasteiger charge is -2.22. The van der Waals surface area contributed by atoms with Crippen molar-refractivity contribution in [2.45, 2.75) is 51.4 Å². The molecule has 11 nitrogen and oxygen atoms in total. The van der Waals surface area contributed by atoms with E-state index in [-0.39, 0.29) is 36.8 Å². The minimum absolute atomic E-state index is 0.0341. The second kappa shape index (κ2) is 10.9. The molecule has 41 heavy (non-hydrogen) atoms. The first-order valence-electron chi connectivity index (χ1n) is 13.0. The molecule has 1 amide bonds. The summed E-state index contributed by atoms with van der Waals surface area (Å²) in [4.78, 5) is 31.6. The second-order valence-corrected chi connectivity index (χ2v) is 11.0. The Hall–Kier alpha value is -4.33. The molecule has 4 aromatic rings. The number of amides is 1. The van der Waals surface area contributed by atoms with E-state index in [1.165, 1.54) is 17.5 Å². The molecule has 3 aromatic heterocycles. The summed E-state index contributed by atoms with van der Waals surface area (Å²) in [6, 6.07) is 6.52. The first-order valence-corrected chi connectivity index (χ1v) is 13.0. The maximum Gasteiger partial charge on any atom is 0.401 e. The van der Waals surface area contributed by atoms with Crippen molar-refractivity contribution in [2.24, 2.45) is 7.05 Å². The standard InChI is InChI=1S/C27H30F3N9O2/c1-26(2,3)20-13-41-24(34-20)23(40)33-19-7-10-39(14-27(28,29)30)12-17-11-16(5-6-18(17)19)22-31-15-32-25(36-22)35-21-8-9-38(4)37-21/h5-6,8-9,11,13,15,19H,7,10,12,14H2,1-4H3,(H,33,40)(H,31,32,35,36,37). The van der Waals surface area contributed by atoms with Gasteiger partial charge in [-0.3, -0.25) is 14.4 Å². The summed E-state index contributed by atoms with van der Waals surface area (Å²) in [5, 5.41) is 10.2. The number of alkyl halides is 3. The van der Waals surface area contributed by atoms with Gasteiger partial charge in [0, 0.05) is 43.4 Å². The van der Waals surface area contributed by atoms with Crippen molar-refractivity contribution < 1.29 is 22.4 Å². The van der Waals surface area contributed by atoms with Gasteiger partial charge in [0.05, 0.1) is 18.3 Å². The van der Waals surface area contributed by atoms with Gasteiger partial charge in [0.15, 0.2) is 11.6 Å². The second-order valence-electron chi connectivity index (χ2n) is 11.0. The summed E-state index contributed by atoms with van der Waals surface area (Å²) >= 11 is 0. The van der Waals surface area contributed by atoms with Gasteiger partial charge in [0.1, 0.15) is 12.6 Å². The number of hydrogen-bond acceptors (Lipinski definition) is 9. The summed E-state index contributed by atoms with van der Waals surface area (Å²) in [7, 11) is 1.78. The van der Waals surface area contributed by atoms with Crippen LogP contribution in [0.1, 0.15) is 60.7 Å². The van der Waals surface area contributed by atoms with Crippen molar-refractivity contribution in [1.29, 1.82) is 0 Å². The number of rotatable bonds is 6. The number of fused-ring (bicyclic) bond motifs is 1. The molecule has 0 saturated carbocycles. The first-order chi connectivity index (χ1) is 19.3. The molecular formula is C27H30F3N9O2. The SMILES string of the molecule is Cn1ccc(Nc2ncnc(-c3ccc4c(c3)CN(CC(F)(F)F)CCC4NC(=O)c3nc(C(C)(C)C)co3)n2)n1. The fourth-order valence-corrected chi connectivity index (χ4v) is 4.58. The Bertz CT molecular complexity index is 1540. The van der Waals surface area contributed by atoms with Crippen LogP contribution in [0.4, 0.5) is 24.9 Å². The zero-order chi connectivity index (χ0) is 29.4. The highest BCUT2D eigenvalue weighted by Crippen LogP contribution is 2.32. The molecule has 2 N–H and O–H groups in total. The van der Waals surface area contributed by atoms with Crippen LogP contribution in [0.2, 0.25) is 0 Å². The number of halogens is 3. The van der Waals surface area contributed by atoms with Crippen molar-refractivity contribution in [3.63, 3.8) is 0 Å². The Morgan fingerprint density at radius 1 is 1.15 bits per heavy atom. The van der Waals surface area contributed by atoms with Crippen LogP contribution in [0.5, 0.6) is 0 Å². The van der Waals surface area contributed by atoms with E-state index >= 15 is 0 Å². The molecule has 0 saturated heterocycles. The Morgan fingerprint density at radius 3 is 2.63 bits per heavy atom. The van der Waals surface area contributed by atoms with E-state index in [1.54, 1.807) is 42.2 Å². The average Bonchev–Trinajstić information content (AvgIpc) is 3.52. The lowest BCUT2D eigenvalue weighted by molar-refractivity contribution is -0.147. The van der Waals surface area contributed by atoms with Crippen molar-refractivity contribution in [1.82, 2.24) is 39.9 Å². The van der Waals surface area contributed by atoms with Gasteiger partial charge in [-0.05, 0) is 23.6 Å². The van der Waals surface area contributed by atoms with Crippen molar-refractivity contribution >= 4 is 17.7 Å². The van der Waals surface area contributed by atoms with Crippen LogP contribution in [0.15, 0.2) is 47.5 Å². The lowest BCUT2D eigenvalue weighted by Crippen LogP contribution is -2.35. The number of nitrogens with one attached hydrogen (secondary N) is 2. The molecule has 1 unspecified atom stereocenters. The van der Waals surface area contributed by atoms with Gasteiger partial charge < -0.3 is 15.1 Å². The van der Waals surface area contributed by atoms with Gasteiger partial charge in [0.25, 0.3) is 5.89 Å². The van der Waals surface area contributed by atoms with Crippen LogP contribution in [0.3, 0.4) is 0 Å². The Morgan fingerprint density at radius 2 is 1.95 bits per heavy atom. The Kier molecular flexibility index (Phi) is 7.51. The largest absolute Gasteiger partial charge is 0.441 e. The maximum absolute atomic E-state index is 13.4. The zero-order valence-electron chi connectivity index (χ0n) is 23.0. The summed E-state index contributed by atoms with van der Waals surface area (Å²) in [6.45, 7) is 4.93. The number of nitrogens with zero attached hydrogens (tertiary/aromatic N) is 7. The molecular weight excluding hydrogens is 539 g/mol. The van der Waals surface area contributed by atoms with Crippen molar-refractivity contribution in [2.75, 3.05) is 18.4 Å². The van der Waals surface area contributed by atoms with E-state index in [2.05, 4.69) is 35.7 Å². The monoisotopic (exact) mass is 569 g/mol. The van der Waals surface area contributed by atoms with E-state index in [4.69, 9.17) is 4.42 Å². The molecule has 1 aliphatic heterocycles. The third-order valence-corrected chi connectivity index (χ3v) is 6.60. The molecule has 14 heteroatoms. The number of carbonyl (C=O) groups is 1. The topological polar surface area (TPSA) is 127 Å². The molecule has 0 bridgehead atoms. The molecule has 1 aromatic carbocycles. The number of anilines is 2. The van der Waals surface area contributed by atoms with Gasteiger partial charge in [-0.15, -0.1) is 0 Å². The van der Waals surface area contributed by atoms with E-state index in [9.17, 15) is 18.0 Å². The predicted molar refractivity (Wildman–Crippen MR) is 143 cm³/mol. The minimum atomic E-state index is -4.37. The smallest absolute Gasteiger partial charge is 0.401 e. The average molecular weight is 570 g/mol. The highest BCUT2D eigenvalue weighted by atomic mass is 19.4. The number of carbonyl (C=O) groups excluding carboxylic acids is 1. The molecule has 1 atom stereocenters. The number of hydrogen-bond donors (Lipinski definition) is 2. The molecule has 216 valence electrons. The van der Waals surface area contributed by atoms with Gasteiger partial charge >= 0.3 is 12.1 Å². The van der Waals surface area contributed by atoms with Crippen LogP contribution in [0, 0.1) is 0 Å². The number of oxazole rings is 1. The summed E-state index contributed by atoms with van der Waals surface area (Å²) in [5.74, 6) is 0.528. The third-order valence-electron chi connectivity index (χ3n) is 6.60. The highest BCUT2D eigenvalue weighted by Gasteiger charge is 2.34. The third kappa shape index (κ3) is 6.88. The van der Waals surface area contributed by atoms with Gasteiger partial charge in [0.2, 0.25) is 5.95 Å². The number of benzene rings is 1. The van der Waals surface area contributed by atoms with Crippen LogP contribution >= 0.6 is 0 Å². The molecule has 0 aliphatic carbocycles. The summed E-state index contributed by atoms with van der Waals surface area (Å²) in [6.07, 6.45) is 0.456. The van der Waals surface area contributed by atoms with E-state index in [0.29, 0.717) is 34.0 Å². The van der Waals surface area contributed by atoms with Crippen LogP contribution in [-0.4, -0.2) is 59.8 Å². The fraction of sp³-hybridized carbons (Fsp3) is 0.407. The van der Waals surface area contributed by atoms with Gasteiger partial charge in [-0.25, -0.2) is 15.0 Å². The number of aromatic nitrogens is 6. The normalized spacial score (nSPS) is 16.2. The molecule has 0 spiro atoms. The molecule has 1 aliphatic rings. The predicted octanol–water partition coefficient (Wildman–Crippen LogP) is 4.54. The van der Waals surface area contributed by atoms with Crippen LogP contribution < -0.4 is 10.6 Å². The van der Waals surface area contributed by atoms with E-state index in [1.807, 2.05) is 20.8 Å². The van der Waals surface area contributed by atoms with E-state index in [0.717, 1.165) is 0 Å². The Balaban J connectivity index is 1.43. The van der Waals surface area contributed by atoms with Gasteiger partial charge in [-0.1, -0.05) is 32.9 Å². The summed E-state index contributed by atoms with van der Waals surface area (Å²) in [5.41, 5.74) is 2.23. The molecule has 5 rings (SSSR count). The van der Waals surface area contributed by atoms with Crippen molar-refractivity contribution in [3.8, 4) is 11.4 Å². The maximum atomic E-state index is 13.4. The zero-order valence-corrected chi connectivity index (χ0v) is 23.0. The molecule has 0 fully saturated rings. The first kappa shape index (κ1) is 28.2. The summed E-state index contributed by atoms with van der Waals surface area (Å²) < 4.78 is 47.2. The minimum Gasteiger partial charge on any atom is -0.441 e. The fourth-order valence-electron chi connectivity index (χ4n) is 4.58. The van der Waals surface area contributed by atoms with Crippen LogP contribution in [0.25, 0.3) is 11.4 Å². The van der Waals surface area contributed by atoms with Crippen LogP contribution in [-0.2, 0) is 19.0 Å². The molecule has 4 heterocycles.